The molecular weight excluding hydrogens is 456 g/mol. The number of nitrogens with one attached hydrogen (secondary N) is 1. The minimum Gasteiger partial charge on any atom is -0.505 e. The van der Waals surface area contributed by atoms with Gasteiger partial charge in [0.05, 0.1) is 22.6 Å². The van der Waals surface area contributed by atoms with Gasteiger partial charge >= 0.3 is 11.9 Å². The number of carbonyl (C=O) groups excluding carboxylic acids is 1. The molecule has 1 aliphatic heterocycles. The predicted octanol–water partition coefficient (Wildman–Crippen LogP) is 5.05. The summed E-state index contributed by atoms with van der Waals surface area (Å²) in [5, 5.41) is 30.7. The number of hydrogen-bond acceptors (Lipinski definition) is 6. The molecule has 36 heavy (non-hydrogen) atoms. The Morgan fingerprint density at radius 1 is 1.06 bits per heavy atom. The summed E-state index contributed by atoms with van der Waals surface area (Å²) in [6.45, 7) is 5.70. The van der Waals surface area contributed by atoms with E-state index in [2.05, 4.69) is 15.6 Å². The van der Waals surface area contributed by atoms with Crippen LogP contribution in [-0.2, 0) is 17.6 Å². The van der Waals surface area contributed by atoms with Crippen LogP contribution in [0, 0.1) is 13.8 Å². The number of rotatable bonds is 5. The molecule has 8 nitrogen and oxygen atoms in total. The van der Waals surface area contributed by atoms with Gasteiger partial charge in [-0.25, -0.2) is 4.79 Å². The third kappa shape index (κ3) is 4.00. The standard InChI is InChI=1S/C28H26N4O4/c1-15-10-11-21(12-16(15)2)32-27(34)25(17(3)31-32)30-29-23-14-18-6-5-9-22(18)24(26(23)33)19-7-4-8-20(13-19)28(35)36/h4,7-8,10-14,29,33H,5-6,9H2,1-3H3,(H,35,36)/b30-25-. The quantitative estimate of drug-likeness (QED) is 0.348. The van der Waals surface area contributed by atoms with Crippen molar-refractivity contribution in [3.8, 4) is 16.9 Å². The Kier molecular flexibility index (Phi) is 5.80. The summed E-state index contributed by atoms with van der Waals surface area (Å²) in [7, 11) is 0. The number of carboxylic acid groups (broad SMARTS) is 1. The topological polar surface area (TPSA) is 115 Å². The molecule has 8 heteroatoms. The van der Waals surface area contributed by atoms with Crippen LogP contribution in [0.15, 0.2) is 58.7 Å². The molecule has 0 radical (unpaired) electrons. The highest BCUT2D eigenvalue weighted by molar-refractivity contribution is 6.71. The maximum absolute atomic E-state index is 13.1. The third-order valence-electron chi connectivity index (χ3n) is 6.78. The van der Waals surface area contributed by atoms with Crippen LogP contribution < -0.4 is 10.4 Å². The number of aryl methyl sites for hydroxylation is 3. The third-order valence-corrected chi connectivity index (χ3v) is 6.78. The number of carbonyl (C=O) groups is 2. The lowest BCUT2D eigenvalue weighted by molar-refractivity contribution is -0.112. The van der Waals surface area contributed by atoms with E-state index in [0.717, 1.165) is 41.5 Å². The van der Waals surface area contributed by atoms with E-state index in [1.54, 1.807) is 25.1 Å². The lowest BCUT2D eigenvalue weighted by Crippen LogP contribution is -2.28. The highest BCUT2D eigenvalue weighted by Gasteiger charge is 2.31. The molecule has 0 fully saturated rings. The average Bonchev–Trinajstić information content (AvgIpc) is 3.43. The highest BCUT2D eigenvalue weighted by Crippen LogP contribution is 2.44. The van der Waals surface area contributed by atoms with Gasteiger partial charge < -0.3 is 10.2 Å². The summed E-state index contributed by atoms with van der Waals surface area (Å²) >= 11 is 0. The number of aromatic hydroxyl groups is 1. The zero-order valence-electron chi connectivity index (χ0n) is 20.3. The van der Waals surface area contributed by atoms with Crippen molar-refractivity contribution >= 4 is 34.7 Å². The Balaban J connectivity index is 1.50. The van der Waals surface area contributed by atoms with Gasteiger partial charge in [-0.05, 0) is 98.2 Å². The molecule has 0 saturated heterocycles. The lowest BCUT2D eigenvalue weighted by atomic mass is 9.93. The largest absolute Gasteiger partial charge is 0.505 e. The van der Waals surface area contributed by atoms with Crippen molar-refractivity contribution in [3.05, 3.63) is 76.3 Å². The molecular formula is C28H26N4O4. The van der Waals surface area contributed by atoms with Crippen LogP contribution in [-0.4, -0.2) is 33.5 Å². The van der Waals surface area contributed by atoms with Crippen LogP contribution in [0.4, 0.5) is 11.4 Å². The molecule has 182 valence electrons. The second-order valence-electron chi connectivity index (χ2n) is 9.17. The fraction of sp³-hybridized carbons (Fsp3) is 0.214. The second kappa shape index (κ2) is 8.96. The van der Waals surface area contributed by atoms with Crippen molar-refractivity contribution in [2.75, 3.05) is 10.4 Å². The molecule has 1 aliphatic carbocycles. The molecule has 0 unspecified atom stereocenters. The monoisotopic (exact) mass is 482 g/mol. The van der Waals surface area contributed by atoms with Crippen molar-refractivity contribution in [1.29, 1.82) is 0 Å². The van der Waals surface area contributed by atoms with Crippen LogP contribution in [0.1, 0.15) is 46.0 Å². The Bertz CT molecular complexity index is 1490. The number of hydrogen-bond donors (Lipinski definition) is 3. The van der Waals surface area contributed by atoms with Crippen molar-refractivity contribution in [2.24, 2.45) is 10.2 Å². The lowest BCUT2D eigenvalue weighted by Gasteiger charge is -2.16. The number of benzene rings is 3. The van der Waals surface area contributed by atoms with Crippen LogP contribution in [0.25, 0.3) is 11.1 Å². The number of phenols is 1. The Morgan fingerprint density at radius 2 is 1.86 bits per heavy atom. The van der Waals surface area contributed by atoms with Gasteiger partial charge in [-0.3, -0.25) is 10.2 Å². The summed E-state index contributed by atoms with van der Waals surface area (Å²) in [5.74, 6) is -1.43. The second-order valence-corrected chi connectivity index (χ2v) is 9.17. The summed E-state index contributed by atoms with van der Waals surface area (Å²) in [6, 6.07) is 14.1. The normalized spacial score (nSPS) is 15.9. The molecule has 3 aromatic carbocycles. The number of anilines is 2. The molecule has 3 N–H and O–H groups in total. The number of nitrogens with zero attached hydrogens (tertiary/aromatic N) is 3. The van der Waals surface area contributed by atoms with Gasteiger partial charge in [0.1, 0.15) is 5.75 Å². The first-order valence-corrected chi connectivity index (χ1v) is 11.8. The van der Waals surface area contributed by atoms with Gasteiger partial charge in [0.25, 0.3) is 0 Å². The number of aromatic carboxylic acids is 1. The van der Waals surface area contributed by atoms with Gasteiger partial charge in [-0.1, -0.05) is 18.2 Å². The van der Waals surface area contributed by atoms with E-state index in [9.17, 15) is 19.8 Å². The van der Waals surface area contributed by atoms with E-state index in [4.69, 9.17) is 0 Å². The van der Waals surface area contributed by atoms with Crippen LogP contribution in [0.2, 0.25) is 0 Å². The molecule has 1 heterocycles. The summed E-state index contributed by atoms with van der Waals surface area (Å²) in [5.41, 5.74) is 10.1. The number of carboxylic acids is 1. The Labute approximate surface area is 208 Å². The molecule has 0 saturated carbocycles. The maximum atomic E-state index is 13.1. The SMILES string of the molecule is CC1=NN(c2ccc(C)c(C)c2)C(=O)/C1=N\Nc1cc2c(c(-c3cccc(C(=O)O)c3)c1O)CCC2. The zero-order chi connectivity index (χ0) is 25.6. The molecule has 1 amide bonds. The number of fused-ring (bicyclic) bond motifs is 1. The fourth-order valence-corrected chi connectivity index (χ4v) is 4.71. The average molecular weight is 483 g/mol. The van der Waals surface area contributed by atoms with Crippen molar-refractivity contribution in [3.63, 3.8) is 0 Å². The molecule has 0 aromatic heterocycles. The van der Waals surface area contributed by atoms with Crippen molar-refractivity contribution in [2.45, 2.75) is 40.0 Å². The van der Waals surface area contributed by atoms with Crippen molar-refractivity contribution < 1.29 is 19.8 Å². The van der Waals surface area contributed by atoms with Gasteiger partial charge in [0, 0.05) is 5.56 Å². The fourth-order valence-electron chi connectivity index (χ4n) is 4.71. The first-order valence-electron chi connectivity index (χ1n) is 11.8. The first-order chi connectivity index (χ1) is 17.2. The van der Waals surface area contributed by atoms with Crippen molar-refractivity contribution in [1.82, 2.24) is 0 Å². The number of phenolic OH excluding ortho intramolecular Hbond substituents is 1. The maximum Gasteiger partial charge on any atom is 0.335 e. The number of hydrazone groups is 2. The molecule has 0 atom stereocenters. The first kappa shape index (κ1) is 23.3. The summed E-state index contributed by atoms with van der Waals surface area (Å²) in [4.78, 5) is 24.6. The Morgan fingerprint density at radius 3 is 2.61 bits per heavy atom. The van der Waals surface area contributed by atoms with Gasteiger partial charge in [-0.2, -0.15) is 15.2 Å². The van der Waals surface area contributed by atoms with Gasteiger partial charge in [-0.15, -0.1) is 0 Å². The molecule has 3 aromatic rings. The van der Waals surface area contributed by atoms with E-state index in [0.29, 0.717) is 28.2 Å². The predicted molar refractivity (Wildman–Crippen MR) is 140 cm³/mol. The summed E-state index contributed by atoms with van der Waals surface area (Å²) < 4.78 is 0. The van der Waals surface area contributed by atoms with Gasteiger partial charge in [0.15, 0.2) is 5.71 Å². The molecule has 0 spiro atoms. The van der Waals surface area contributed by atoms with E-state index in [1.165, 1.54) is 11.1 Å². The smallest absolute Gasteiger partial charge is 0.335 e. The van der Waals surface area contributed by atoms with Crippen LogP contribution in [0.5, 0.6) is 5.75 Å². The van der Waals surface area contributed by atoms with Gasteiger partial charge in [0.2, 0.25) is 0 Å². The molecule has 5 rings (SSSR count). The van der Waals surface area contributed by atoms with E-state index in [1.807, 2.05) is 38.1 Å². The Hall–Kier alpha value is -4.46. The van der Waals surface area contributed by atoms with E-state index >= 15 is 0 Å². The minimum atomic E-state index is -1.03. The van der Waals surface area contributed by atoms with Crippen LogP contribution >= 0.6 is 0 Å². The number of amides is 1. The molecule has 2 aliphatic rings. The minimum absolute atomic E-state index is 0.0337. The van der Waals surface area contributed by atoms with E-state index in [-0.39, 0.29) is 22.9 Å². The zero-order valence-corrected chi connectivity index (χ0v) is 20.3. The highest BCUT2D eigenvalue weighted by atomic mass is 16.4. The van der Waals surface area contributed by atoms with E-state index < -0.39 is 5.97 Å². The molecule has 0 bridgehead atoms. The summed E-state index contributed by atoms with van der Waals surface area (Å²) in [6.07, 6.45) is 2.57. The van der Waals surface area contributed by atoms with Crippen LogP contribution in [0.3, 0.4) is 0 Å².